The molecule has 0 amide bonds. The van der Waals surface area contributed by atoms with Crippen LogP contribution in [-0.2, 0) is 36.0 Å². The molecule has 0 spiro atoms. The summed E-state index contributed by atoms with van der Waals surface area (Å²) < 4.78 is 47.4. The summed E-state index contributed by atoms with van der Waals surface area (Å²) in [6.45, 7) is 19.3. The van der Waals surface area contributed by atoms with E-state index in [0.717, 1.165) is 44.2 Å². The fourth-order valence-electron chi connectivity index (χ4n) is 4.13. The predicted octanol–water partition coefficient (Wildman–Crippen LogP) is 3.76. The molecule has 9 nitrogen and oxygen atoms in total. The molecule has 0 saturated carbocycles. The summed E-state index contributed by atoms with van der Waals surface area (Å²) in [4.78, 5) is 0. The van der Waals surface area contributed by atoms with Crippen LogP contribution in [0.1, 0.15) is 12.8 Å². The van der Waals surface area contributed by atoms with Crippen molar-refractivity contribution in [2.75, 3.05) is 46.4 Å². The van der Waals surface area contributed by atoms with Gasteiger partial charge in [-0.1, -0.05) is 0 Å². The molecule has 2 rings (SSSR count). The Hall–Kier alpha value is 0.508. The largest absolute Gasteiger partial charge is 0.436 e. The lowest BCUT2D eigenvalue weighted by Gasteiger charge is -2.42. The maximum absolute atomic E-state index is 8.96. The van der Waals surface area contributed by atoms with Crippen LogP contribution in [0.4, 0.5) is 0 Å². The fourth-order valence-corrected chi connectivity index (χ4v) is 23.4. The van der Waals surface area contributed by atoms with Gasteiger partial charge in [0, 0.05) is 19.8 Å². The number of hydrogen-bond acceptors (Lipinski definition) is 9. The van der Waals surface area contributed by atoms with Gasteiger partial charge in [0.05, 0.1) is 13.2 Å². The highest BCUT2D eigenvalue weighted by Crippen LogP contribution is 2.30. The minimum atomic E-state index is -2.55. The molecule has 0 aromatic carbocycles. The van der Waals surface area contributed by atoms with E-state index < -0.39 is 33.8 Å². The monoisotopic (exact) mass is 556 g/mol. The number of aliphatic hydroxyl groups is 1. The third-order valence-corrected chi connectivity index (χ3v) is 21.6. The average Bonchev–Trinajstić information content (AvgIpc) is 3.58. The summed E-state index contributed by atoms with van der Waals surface area (Å²) in [6.07, 6.45) is 2.06. The molecule has 0 aliphatic carbocycles. The molecule has 1 N–H and O–H groups in total. The van der Waals surface area contributed by atoms with Crippen LogP contribution in [0.5, 0.6) is 0 Å². The number of rotatable bonds is 21. The van der Waals surface area contributed by atoms with Crippen LogP contribution in [0, 0.1) is 0 Å². The van der Waals surface area contributed by atoms with Crippen molar-refractivity contribution in [1.29, 1.82) is 0 Å². The lowest BCUT2D eigenvalue weighted by atomic mass is 10.5. The van der Waals surface area contributed by atoms with Gasteiger partial charge in [-0.25, -0.2) is 0 Å². The predicted molar refractivity (Wildman–Crippen MR) is 140 cm³/mol. The second-order valence-electron chi connectivity index (χ2n) is 11.0. The first kappa shape index (κ1) is 30.7. The summed E-state index contributed by atoms with van der Waals surface area (Å²) in [6, 6.07) is 2.72. The Morgan fingerprint density at radius 1 is 0.735 bits per heavy atom. The van der Waals surface area contributed by atoms with Crippen molar-refractivity contribution in [3.05, 3.63) is 0 Å². The highest BCUT2D eigenvalue weighted by Gasteiger charge is 2.45. The van der Waals surface area contributed by atoms with Crippen LogP contribution in [0.3, 0.4) is 0 Å². The molecule has 13 heteroatoms. The van der Waals surface area contributed by atoms with Crippen LogP contribution >= 0.6 is 0 Å². The third-order valence-electron chi connectivity index (χ3n) is 5.57. The van der Waals surface area contributed by atoms with E-state index in [1.807, 2.05) is 0 Å². The molecule has 2 aliphatic heterocycles. The first-order valence-corrected chi connectivity index (χ1v) is 24.1. The van der Waals surface area contributed by atoms with Crippen molar-refractivity contribution in [3.8, 4) is 0 Å². The van der Waals surface area contributed by atoms with E-state index in [4.69, 9.17) is 41.1 Å². The molecule has 0 aromatic heterocycles. The molecule has 3 atom stereocenters. The summed E-state index contributed by atoms with van der Waals surface area (Å²) in [5, 5.41) is 8.96. The molecule has 0 radical (unpaired) electrons. The molecule has 34 heavy (non-hydrogen) atoms. The number of hydrogen-bond donors (Lipinski definition) is 1. The van der Waals surface area contributed by atoms with Crippen molar-refractivity contribution < 1.29 is 41.1 Å². The van der Waals surface area contributed by atoms with E-state index in [0.29, 0.717) is 32.5 Å². The molecular formula is C21H48O9Si4. The van der Waals surface area contributed by atoms with Gasteiger partial charge in [-0.3, -0.25) is 0 Å². The van der Waals surface area contributed by atoms with Crippen molar-refractivity contribution in [2.24, 2.45) is 0 Å². The van der Waals surface area contributed by atoms with Crippen molar-refractivity contribution in [2.45, 2.75) is 89.2 Å². The smallest absolute Gasteiger partial charge is 0.315 e. The Morgan fingerprint density at radius 3 is 1.97 bits per heavy atom. The number of epoxide rings is 2. The Kier molecular flexibility index (Phi) is 12.5. The second-order valence-corrected chi connectivity index (χ2v) is 27.1. The molecule has 202 valence electrons. The highest BCUT2D eigenvalue weighted by molar-refractivity contribution is 6.89. The molecule has 3 unspecified atom stereocenters. The lowest BCUT2D eigenvalue weighted by molar-refractivity contribution is -0.00138. The van der Waals surface area contributed by atoms with Crippen LogP contribution in [-0.4, -0.2) is 97.7 Å². The Labute approximate surface area is 210 Å². The molecule has 2 fully saturated rings. The average molecular weight is 557 g/mol. The Morgan fingerprint density at radius 2 is 1.35 bits per heavy atom. The van der Waals surface area contributed by atoms with Gasteiger partial charge < -0.3 is 41.1 Å². The quantitative estimate of drug-likeness (QED) is 0.0980. The van der Waals surface area contributed by atoms with Gasteiger partial charge in [0.1, 0.15) is 19.5 Å². The van der Waals surface area contributed by atoms with Crippen LogP contribution in [0.25, 0.3) is 0 Å². The molecular weight excluding hydrogens is 509 g/mol. The first-order chi connectivity index (χ1) is 15.8. The standard InChI is InChI=1S/C21H48O9Si4/c1-31(2,13-8-10-23-16-20-17-26-20)28-33(5,6)30-34(7,14-9-11-24-19-22)29-32(3,4)15-12-25-21-18-27-21/h20-22H,8-19H2,1-7H3. The molecule has 2 heterocycles. The van der Waals surface area contributed by atoms with E-state index >= 15 is 0 Å². The normalized spacial score (nSPS) is 22.6. The zero-order chi connectivity index (χ0) is 25.3. The minimum Gasteiger partial charge on any atom is -0.436 e. The zero-order valence-corrected chi connectivity index (χ0v) is 26.4. The van der Waals surface area contributed by atoms with Gasteiger partial charge in [-0.15, -0.1) is 0 Å². The van der Waals surface area contributed by atoms with E-state index in [1.165, 1.54) is 0 Å². The van der Waals surface area contributed by atoms with Crippen LogP contribution in [0.15, 0.2) is 0 Å². The summed E-state index contributed by atoms with van der Waals surface area (Å²) >= 11 is 0. The van der Waals surface area contributed by atoms with Gasteiger partial charge in [-0.05, 0) is 76.8 Å². The Balaban J connectivity index is 1.88. The maximum atomic E-state index is 8.96. The second kappa shape index (κ2) is 13.9. The first-order valence-electron chi connectivity index (χ1n) is 12.6. The van der Waals surface area contributed by atoms with Crippen molar-refractivity contribution >= 4 is 33.8 Å². The summed E-state index contributed by atoms with van der Waals surface area (Å²) in [5.74, 6) is 0. The molecule has 0 bridgehead atoms. The lowest BCUT2D eigenvalue weighted by Crippen LogP contribution is -2.57. The molecule has 0 aromatic rings. The zero-order valence-electron chi connectivity index (χ0n) is 22.4. The Bertz CT molecular complexity index is 589. The summed E-state index contributed by atoms with van der Waals surface area (Å²) in [7, 11) is -8.93. The molecule has 2 saturated heterocycles. The van der Waals surface area contributed by atoms with Gasteiger partial charge in [-0.2, -0.15) is 0 Å². The van der Waals surface area contributed by atoms with Crippen molar-refractivity contribution in [1.82, 2.24) is 0 Å². The topological polar surface area (TPSA) is 101 Å². The summed E-state index contributed by atoms with van der Waals surface area (Å²) in [5.41, 5.74) is 0. The van der Waals surface area contributed by atoms with E-state index in [-0.39, 0.29) is 13.1 Å². The van der Waals surface area contributed by atoms with E-state index in [2.05, 4.69) is 45.8 Å². The van der Waals surface area contributed by atoms with E-state index in [1.54, 1.807) is 0 Å². The van der Waals surface area contributed by atoms with Gasteiger partial charge in [0.2, 0.25) is 0 Å². The van der Waals surface area contributed by atoms with Gasteiger partial charge in [0.15, 0.2) is 22.9 Å². The van der Waals surface area contributed by atoms with Gasteiger partial charge >= 0.3 is 17.1 Å². The number of ether oxygens (including phenoxy) is 5. The SMILES string of the molecule is C[Si](C)(CCCOCC1CO1)O[Si](C)(C)O[Si](C)(CCCOCO)O[Si](C)(C)CCOC1CO1. The molecule has 2 aliphatic rings. The fraction of sp³-hybridized carbons (Fsp3) is 1.00. The number of aliphatic hydroxyl groups excluding tert-OH is 1. The highest BCUT2D eigenvalue weighted by atomic mass is 28.5. The van der Waals surface area contributed by atoms with Crippen LogP contribution in [0.2, 0.25) is 64.0 Å². The van der Waals surface area contributed by atoms with Crippen molar-refractivity contribution in [3.63, 3.8) is 0 Å². The minimum absolute atomic E-state index is 0.0281. The third kappa shape index (κ3) is 14.3. The van der Waals surface area contributed by atoms with E-state index in [9.17, 15) is 0 Å². The van der Waals surface area contributed by atoms with Crippen LogP contribution < -0.4 is 0 Å². The van der Waals surface area contributed by atoms with Gasteiger partial charge in [0.25, 0.3) is 0 Å². The maximum Gasteiger partial charge on any atom is 0.315 e.